The molecule has 6 heteroatoms. The highest BCUT2D eigenvalue weighted by Gasteiger charge is 2.12. The van der Waals surface area contributed by atoms with Crippen LogP contribution in [0.4, 0.5) is 0 Å². The van der Waals surface area contributed by atoms with E-state index in [9.17, 15) is 8.42 Å². The maximum Gasteiger partial charge on any atom is 0.216 e. The van der Waals surface area contributed by atoms with Gasteiger partial charge in [0.1, 0.15) is 5.75 Å². The Morgan fingerprint density at radius 3 is 2.62 bits per heavy atom. The van der Waals surface area contributed by atoms with Crippen molar-refractivity contribution < 1.29 is 13.2 Å². The highest BCUT2D eigenvalue weighted by atomic mass is 35.5. The van der Waals surface area contributed by atoms with Gasteiger partial charge in [-0.3, -0.25) is 0 Å². The molecule has 2 aromatic rings. The monoisotopic (exact) mass is 325 g/mol. The molecular formula is C15H16ClNO3S. The summed E-state index contributed by atoms with van der Waals surface area (Å²) in [6.07, 6.45) is 0. The fourth-order valence-corrected chi connectivity index (χ4v) is 3.24. The Bertz CT molecular complexity index is 716. The first-order valence-corrected chi connectivity index (χ1v) is 8.37. The van der Waals surface area contributed by atoms with Gasteiger partial charge in [0, 0.05) is 17.1 Å². The summed E-state index contributed by atoms with van der Waals surface area (Å²) in [7, 11) is -1.88. The SMILES string of the molecule is COc1ccccc1CNS(=O)(=O)Cc1cccc(Cl)c1. The van der Waals surface area contributed by atoms with Gasteiger partial charge in [0.15, 0.2) is 0 Å². The average molecular weight is 326 g/mol. The highest BCUT2D eigenvalue weighted by molar-refractivity contribution is 7.88. The minimum Gasteiger partial charge on any atom is -0.496 e. The van der Waals surface area contributed by atoms with E-state index in [1.165, 1.54) is 0 Å². The maximum atomic E-state index is 12.1. The number of halogens is 1. The van der Waals surface area contributed by atoms with E-state index in [2.05, 4.69) is 4.72 Å². The Kier molecular flexibility index (Phi) is 5.22. The number of benzene rings is 2. The molecule has 0 amide bonds. The summed E-state index contributed by atoms with van der Waals surface area (Å²) in [6, 6.07) is 14.1. The van der Waals surface area contributed by atoms with Crippen molar-refractivity contribution in [2.24, 2.45) is 0 Å². The van der Waals surface area contributed by atoms with Gasteiger partial charge in [-0.2, -0.15) is 0 Å². The lowest BCUT2D eigenvalue weighted by atomic mass is 10.2. The van der Waals surface area contributed by atoms with Gasteiger partial charge in [0.25, 0.3) is 0 Å². The minimum absolute atomic E-state index is 0.108. The Morgan fingerprint density at radius 1 is 1.14 bits per heavy atom. The molecule has 112 valence electrons. The van der Waals surface area contributed by atoms with E-state index in [1.54, 1.807) is 37.4 Å². The normalized spacial score (nSPS) is 11.3. The minimum atomic E-state index is -3.44. The average Bonchev–Trinajstić information content (AvgIpc) is 2.45. The van der Waals surface area contributed by atoms with Gasteiger partial charge in [0.2, 0.25) is 10.0 Å². The zero-order valence-electron chi connectivity index (χ0n) is 11.5. The van der Waals surface area contributed by atoms with Crippen molar-refractivity contribution in [1.82, 2.24) is 4.72 Å². The molecule has 0 aliphatic rings. The molecule has 2 aromatic carbocycles. The van der Waals surface area contributed by atoms with Crippen molar-refractivity contribution in [3.8, 4) is 5.75 Å². The zero-order valence-corrected chi connectivity index (χ0v) is 13.1. The summed E-state index contributed by atoms with van der Waals surface area (Å²) < 4.78 is 31.9. The third-order valence-corrected chi connectivity index (χ3v) is 4.45. The van der Waals surface area contributed by atoms with Crippen LogP contribution in [0.2, 0.25) is 5.02 Å². The van der Waals surface area contributed by atoms with Crippen LogP contribution in [0.25, 0.3) is 0 Å². The van der Waals surface area contributed by atoms with Crippen molar-refractivity contribution in [3.63, 3.8) is 0 Å². The lowest BCUT2D eigenvalue weighted by Crippen LogP contribution is -2.24. The van der Waals surface area contributed by atoms with Gasteiger partial charge in [-0.15, -0.1) is 0 Å². The van der Waals surface area contributed by atoms with Crippen LogP contribution < -0.4 is 9.46 Å². The quantitative estimate of drug-likeness (QED) is 0.888. The van der Waals surface area contributed by atoms with Crippen molar-refractivity contribution in [1.29, 1.82) is 0 Å². The Labute approximate surface area is 129 Å². The predicted molar refractivity (Wildman–Crippen MR) is 83.9 cm³/mol. The number of ether oxygens (including phenoxy) is 1. The molecule has 0 unspecified atom stereocenters. The molecule has 0 radical (unpaired) electrons. The van der Waals surface area contributed by atoms with Crippen LogP contribution in [0.15, 0.2) is 48.5 Å². The fraction of sp³-hybridized carbons (Fsp3) is 0.200. The first-order chi connectivity index (χ1) is 10.00. The van der Waals surface area contributed by atoms with Crippen LogP contribution in [-0.4, -0.2) is 15.5 Å². The van der Waals surface area contributed by atoms with E-state index in [4.69, 9.17) is 16.3 Å². The molecule has 1 N–H and O–H groups in total. The first-order valence-electron chi connectivity index (χ1n) is 6.34. The van der Waals surface area contributed by atoms with Gasteiger partial charge in [0.05, 0.1) is 12.9 Å². The number of para-hydroxylation sites is 1. The number of nitrogens with one attached hydrogen (secondary N) is 1. The molecule has 0 aliphatic carbocycles. The molecule has 0 saturated heterocycles. The van der Waals surface area contributed by atoms with E-state index in [0.717, 1.165) is 5.56 Å². The first kappa shape index (κ1) is 15.8. The molecule has 0 aromatic heterocycles. The molecule has 0 spiro atoms. The molecule has 0 atom stereocenters. The Morgan fingerprint density at radius 2 is 1.90 bits per heavy atom. The largest absolute Gasteiger partial charge is 0.496 e. The number of hydrogen-bond acceptors (Lipinski definition) is 3. The summed E-state index contributed by atoms with van der Waals surface area (Å²) in [5.74, 6) is 0.547. The van der Waals surface area contributed by atoms with Gasteiger partial charge in [-0.05, 0) is 23.8 Å². The van der Waals surface area contributed by atoms with Crippen molar-refractivity contribution >= 4 is 21.6 Å². The van der Waals surface area contributed by atoms with Crippen molar-refractivity contribution in [3.05, 3.63) is 64.7 Å². The van der Waals surface area contributed by atoms with Crippen LogP contribution >= 0.6 is 11.6 Å². The van der Waals surface area contributed by atoms with Crippen LogP contribution in [0.5, 0.6) is 5.75 Å². The van der Waals surface area contributed by atoms with Gasteiger partial charge in [-0.1, -0.05) is 41.9 Å². The molecule has 0 aliphatic heterocycles. The zero-order chi connectivity index (χ0) is 15.3. The molecular weight excluding hydrogens is 310 g/mol. The second-order valence-electron chi connectivity index (χ2n) is 4.52. The van der Waals surface area contributed by atoms with Crippen LogP contribution in [0, 0.1) is 0 Å². The maximum absolute atomic E-state index is 12.1. The summed E-state index contributed by atoms with van der Waals surface area (Å²) >= 11 is 5.85. The van der Waals surface area contributed by atoms with Crippen molar-refractivity contribution in [2.45, 2.75) is 12.3 Å². The van der Waals surface area contributed by atoms with Crippen LogP contribution in [-0.2, 0) is 22.3 Å². The summed E-state index contributed by atoms with van der Waals surface area (Å²) in [4.78, 5) is 0. The molecule has 2 rings (SSSR count). The number of rotatable bonds is 6. The summed E-state index contributed by atoms with van der Waals surface area (Å²) in [5.41, 5.74) is 1.43. The van der Waals surface area contributed by atoms with Gasteiger partial charge < -0.3 is 4.74 Å². The van der Waals surface area contributed by atoms with E-state index >= 15 is 0 Å². The molecule has 0 heterocycles. The van der Waals surface area contributed by atoms with E-state index in [-0.39, 0.29) is 12.3 Å². The number of methoxy groups -OCH3 is 1. The Balaban J connectivity index is 2.04. The van der Waals surface area contributed by atoms with Gasteiger partial charge >= 0.3 is 0 Å². The standard InChI is InChI=1S/C15H16ClNO3S/c1-20-15-8-3-2-6-13(15)10-17-21(18,19)11-12-5-4-7-14(16)9-12/h2-9,17H,10-11H2,1H3. The Hall–Kier alpha value is -1.56. The molecule has 0 saturated carbocycles. The van der Waals surface area contributed by atoms with E-state index in [1.807, 2.05) is 18.2 Å². The van der Waals surface area contributed by atoms with Crippen LogP contribution in [0.1, 0.15) is 11.1 Å². The molecule has 0 bridgehead atoms. The third-order valence-electron chi connectivity index (χ3n) is 2.92. The highest BCUT2D eigenvalue weighted by Crippen LogP contribution is 2.18. The summed E-state index contributed by atoms with van der Waals surface area (Å²) in [6.45, 7) is 0.187. The number of hydrogen-bond donors (Lipinski definition) is 1. The fourth-order valence-electron chi connectivity index (χ4n) is 1.93. The van der Waals surface area contributed by atoms with E-state index < -0.39 is 10.0 Å². The van der Waals surface area contributed by atoms with E-state index in [0.29, 0.717) is 16.3 Å². The second-order valence-corrected chi connectivity index (χ2v) is 6.77. The number of sulfonamides is 1. The second kappa shape index (κ2) is 6.93. The topological polar surface area (TPSA) is 55.4 Å². The third kappa shape index (κ3) is 4.74. The molecule has 21 heavy (non-hydrogen) atoms. The lowest BCUT2D eigenvalue weighted by Gasteiger charge is -2.10. The lowest BCUT2D eigenvalue weighted by molar-refractivity contribution is 0.409. The smallest absolute Gasteiger partial charge is 0.216 e. The van der Waals surface area contributed by atoms with Crippen molar-refractivity contribution in [2.75, 3.05) is 7.11 Å². The van der Waals surface area contributed by atoms with Gasteiger partial charge in [-0.25, -0.2) is 13.1 Å². The molecule has 4 nitrogen and oxygen atoms in total. The predicted octanol–water partition coefficient (Wildman–Crippen LogP) is 2.97. The molecule has 0 fully saturated rings. The summed E-state index contributed by atoms with van der Waals surface area (Å²) in [5, 5.41) is 0.521. The van der Waals surface area contributed by atoms with Crippen LogP contribution in [0.3, 0.4) is 0 Å².